The fraction of sp³-hybridized carbons (Fsp3) is 0.263. The minimum atomic E-state index is -0.161. The first-order valence-electron chi connectivity index (χ1n) is 8.09. The van der Waals surface area contributed by atoms with Gasteiger partial charge < -0.3 is 0 Å². The first kappa shape index (κ1) is 17.5. The van der Waals surface area contributed by atoms with Crippen LogP contribution in [0.3, 0.4) is 0 Å². The molecule has 2 heterocycles. The molecule has 1 N–H and O–H groups in total. The van der Waals surface area contributed by atoms with Gasteiger partial charge in [0.15, 0.2) is 0 Å². The van der Waals surface area contributed by atoms with Crippen molar-refractivity contribution in [3.8, 4) is 0 Å². The fourth-order valence-corrected chi connectivity index (χ4v) is 3.63. The molecule has 132 valence electrons. The number of aromatic nitrogens is 1. The molecule has 1 fully saturated rings. The summed E-state index contributed by atoms with van der Waals surface area (Å²) in [5, 5.41) is 8.47. The van der Waals surface area contributed by atoms with Crippen LogP contribution in [-0.4, -0.2) is 40.7 Å². The largest absolute Gasteiger partial charge is 0.337 e. The molecule has 6 heteroatoms. The number of carbonyl (C=O) groups excluding carboxylic acids is 1. The molecular formula is C19H24N4OS. The Labute approximate surface area is 153 Å². The third kappa shape index (κ3) is 3.70. The van der Waals surface area contributed by atoms with E-state index in [1.165, 1.54) is 0 Å². The van der Waals surface area contributed by atoms with Crippen LogP contribution in [-0.2, 0) is 0 Å². The van der Waals surface area contributed by atoms with E-state index >= 15 is 0 Å². The maximum absolute atomic E-state index is 12.4. The molecule has 0 spiro atoms. The molecule has 1 aromatic carbocycles. The second-order valence-corrected chi connectivity index (χ2v) is 7.72. The van der Waals surface area contributed by atoms with Crippen molar-refractivity contribution in [3.63, 3.8) is 0 Å². The minimum Gasteiger partial charge on any atom is -0.291 e. The highest BCUT2D eigenvalue weighted by Gasteiger charge is 2.34. The van der Waals surface area contributed by atoms with E-state index in [1.807, 2.05) is 44.1 Å². The molecular weight excluding hydrogens is 332 g/mol. The van der Waals surface area contributed by atoms with Crippen LogP contribution in [0.5, 0.6) is 0 Å². The van der Waals surface area contributed by atoms with E-state index in [1.54, 1.807) is 23.0 Å². The quantitative estimate of drug-likeness (QED) is 0.855. The number of amides is 2. The highest BCUT2D eigenvalue weighted by Crippen LogP contribution is 2.32. The number of urea groups is 1. The molecule has 0 radical (unpaired) electrons. The topological polar surface area (TPSA) is 48.5 Å². The normalized spacial score (nSPS) is 17.2. The number of rotatable bonds is 4. The van der Waals surface area contributed by atoms with Gasteiger partial charge in [-0.15, -0.1) is 0 Å². The minimum absolute atomic E-state index is 0. The van der Waals surface area contributed by atoms with Gasteiger partial charge in [-0.2, -0.15) is 0 Å². The summed E-state index contributed by atoms with van der Waals surface area (Å²) < 4.78 is 0. The summed E-state index contributed by atoms with van der Waals surface area (Å²) >= 11 is 1.56. The SMILES string of the molecule is C=C(C)SC(=C)c1ccc2cnc(NC(=O)N3[C@@H](C)CN3C)cc2c1.[HH]. The van der Waals surface area contributed by atoms with E-state index in [0.717, 1.165) is 32.7 Å². The van der Waals surface area contributed by atoms with E-state index in [2.05, 4.69) is 29.5 Å². The number of carbonyl (C=O) groups is 1. The van der Waals surface area contributed by atoms with Gasteiger partial charge in [0.2, 0.25) is 0 Å². The number of nitrogens with one attached hydrogen (secondary N) is 1. The van der Waals surface area contributed by atoms with Gasteiger partial charge >= 0.3 is 6.03 Å². The Morgan fingerprint density at radius 1 is 1.36 bits per heavy atom. The highest BCUT2D eigenvalue weighted by molar-refractivity contribution is 8.11. The third-order valence-electron chi connectivity index (χ3n) is 4.10. The maximum Gasteiger partial charge on any atom is 0.337 e. The molecule has 0 saturated carbocycles. The number of allylic oxidation sites excluding steroid dienone is 1. The van der Waals surface area contributed by atoms with Crippen LogP contribution in [0.15, 0.2) is 48.5 Å². The molecule has 2 aromatic rings. The van der Waals surface area contributed by atoms with Crippen molar-refractivity contribution in [2.24, 2.45) is 0 Å². The summed E-state index contributed by atoms with van der Waals surface area (Å²) in [6.45, 7) is 12.9. The molecule has 1 aliphatic rings. The maximum atomic E-state index is 12.4. The van der Waals surface area contributed by atoms with Gasteiger partial charge in [-0.05, 0) is 41.8 Å². The van der Waals surface area contributed by atoms with Crippen LogP contribution in [0.1, 0.15) is 20.8 Å². The highest BCUT2D eigenvalue weighted by atomic mass is 32.2. The molecule has 3 rings (SSSR count). The van der Waals surface area contributed by atoms with Crippen molar-refractivity contribution >= 4 is 39.3 Å². The number of thioether (sulfide) groups is 1. The zero-order valence-electron chi connectivity index (χ0n) is 14.7. The van der Waals surface area contributed by atoms with E-state index in [4.69, 9.17) is 0 Å². The van der Waals surface area contributed by atoms with Crippen LogP contribution >= 0.6 is 11.8 Å². The Balaban J connectivity index is 0.00000243. The number of hydrogen-bond acceptors (Lipinski definition) is 4. The van der Waals surface area contributed by atoms with Gasteiger partial charge in [0.25, 0.3) is 0 Å². The van der Waals surface area contributed by atoms with Crippen molar-refractivity contribution in [2.45, 2.75) is 19.9 Å². The Hall–Kier alpha value is -2.31. The Morgan fingerprint density at radius 3 is 2.76 bits per heavy atom. The predicted octanol–water partition coefficient (Wildman–Crippen LogP) is 4.80. The molecule has 1 aromatic heterocycles. The zero-order valence-corrected chi connectivity index (χ0v) is 15.6. The molecule has 0 unspecified atom stereocenters. The summed E-state index contributed by atoms with van der Waals surface area (Å²) in [5.41, 5.74) is 1.04. The standard InChI is InChI=1S/C19H22N4OS.H2/c1-12(2)25-14(4)15-6-7-16-10-20-18(9-17(16)8-15)21-19(24)23-13(3)11-22(23)5;/h6-10,13H,1,4,11H2,2-3,5H3,(H,20,21,24);1H/t13-;/m0./s1. The number of nitrogens with zero attached hydrogens (tertiary/aromatic N) is 3. The summed E-state index contributed by atoms with van der Waals surface area (Å²) in [4.78, 5) is 18.6. The number of hydrazine groups is 1. The van der Waals surface area contributed by atoms with E-state index in [-0.39, 0.29) is 13.5 Å². The summed E-state index contributed by atoms with van der Waals surface area (Å²) in [6, 6.07) is 8.03. The Morgan fingerprint density at radius 2 is 2.12 bits per heavy atom. The van der Waals surface area contributed by atoms with Gasteiger partial charge in [0.05, 0.1) is 6.04 Å². The van der Waals surface area contributed by atoms with Crippen LogP contribution in [0, 0.1) is 0 Å². The lowest BCUT2D eigenvalue weighted by Crippen LogP contribution is -2.64. The number of fused-ring (bicyclic) bond motifs is 1. The zero-order chi connectivity index (χ0) is 18.1. The van der Waals surface area contributed by atoms with E-state index < -0.39 is 0 Å². The van der Waals surface area contributed by atoms with Crippen molar-refractivity contribution in [1.29, 1.82) is 0 Å². The van der Waals surface area contributed by atoms with E-state index in [9.17, 15) is 4.79 Å². The first-order chi connectivity index (χ1) is 11.8. The molecule has 0 bridgehead atoms. The Bertz CT molecular complexity index is 862. The van der Waals surface area contributed by atoms with Gasteiger partial charge in [-0.25, -0.2) is 14.8 Å². The molecule has 5 nitrogen and oxygen atoms in total. The monoisotopic (exact) mass is 356 g/mol. The molecule has 0 aliphatic carbocycles. The number of benzene rings is 1. The van der Waals surface area contributed by atoms with Crippen LogP contribution in [0.2, 0.25) is 0 Å². The molecule has 25 heavy (non-hydrogen) atoms. The van der Waals surface area contributed by atoms with Crippen LogP contribution < -0.4 is 5.32 Å². The fourth-order valence-electron chi connectivity index (χ4n) is 2.96. The predicted molar refractivity (Wildman–Crippen MR) is 108 cm³/mol. The number of pyridine rings is 1. The lowest BCUT2D eigenvalue weighted by Gasteiger charge is -2.46. The first-order valence-corrected chi connectivity index (χ1v) is 8.90. The van der Waals surface area contributed by atoms with Crippen LogP contribution in [0.25, 0.3) is 15.7 Å². The molecule has 1 saturated heterocycles. The van der Waals surface area contributed by atoms with Gasteiger partial charge in [-0.1, -0.05) is 37.1 Å². The lowest BCUT2D eigenvalue weighted by atomic mass is 10.1. The van der Waals surface area contributed by atoms with Crippen molar-refractivity contribution in [2.75, 3.05) is 18.9 Å². The third-order valence-corrected chi connectivity index (χ3v) is 4.93. The van der Waals surface area contributed by atoms with Gasteiger partial charge in [0.1, 0.15) is 5.82 Å². The van der Waals surface area contributed by atoms with Gasteiger partial charge in [-0.3, -0.25) is 10.3 Å². The lowest BCUT2D eigenvalue weighted by molar-refractivity contribution is -0.0864. The summed E-state index contributed by atoms with van der Waals surface area (Å²) in [7, 11) is 1.89. The van der Waals surface area contributed by atoms with Crippen molar-refractivity contribution < 1.29 is 6.22 Å². The molecule has 2 amide bonds. The summed E-state index contributed by atoms with van der Waals surface area (Å²) in [5.74, 6) is 0.542. The van der Waals surface area contributed by atoms with Gasteiger partial charge in [0, 0.05) is 31.5 Å². The van der Waals surface area contributed by atoms with E-state index in [0.29, 0.717) is 5.82 Å². The molecule has 1 atom stereocenters. The van der Waals surface area contributed by atoms with Crippen molar-refractivity contribution in [3.05, 3.63) is 54.1 Å². The smallest absolute Gasteiger partial charge is 0.291 e. The van der Waals surface area contributed by atoms with Crippen LogP contribution in [0.4, 0.5) is 10.6 Å². The number of likely N-dealkylation sites (N-methyl/N-ethyl adjacent to an activating group) is 1. The Kier molecular flexibility index (Phi) is 4.83. The average Bonchev–Trinajstić information content (AvgIpc) is 2.53. The number of hydrogen-bond donors (Lipinski definition) is 1. The second-order valence-electron chi connectivity index (χ2n) is 6.32. The van der Waals surface area contributed by atoms with Crippen molar-refractivity contribution in [1.82, 2.24) is 15.0 Å². The molecule has 1 aliphatic heterocycles. The second kappa shape index (κ2) is 6.90. The average molecular weight is 356 g/mol. The number of anilines is 1. The summed E-state index contributed by atoms with van der Waals surface area (Å²) in [6.07, 6.45) is 1.77.